The molecule has 0 aromatic rings. The summed E-state index contributed by atoms with van der Waals surface area (Å²) in [6, 6.07) is 0. The van der Waals surface area contributed by atoms with Crippen molar-refractivity contribution in [1.82, 2.24) is 0 Å². The third-order valence-electron chi connectivity index (χ3n) is 1.42. The Morgan fingerprint density at radius 1 is 1.70 bits per heavy atom. The summed E-state index contributed by atoms with van der Waals surface area (Å²) in [5.41, 5.74) is 0. The Kier molecular flexibility index (Phi) is 2.53. The Balaban J connectivity index is 2.22. The number of aliphatic hydroxyl groups is 1. The first-order valence-electron chi connectivity index (χ1n) is 3.63. The standard InChI is InChI=1S/C9H12O/c1-2-3-9(10)7-6-8-4-5-8/h2,8-10H,1,3-5H2. The molecule has 1 unspecified atom stereocenters. The van der Waals surface area contributed by atoms with Crippen LogP contribution in [0.4, 0.5) is 0 Å². The lowest BCUT2D eigenvalue weighted by molar-refractivity contribution is 0.236. The highest BCUT2D eigenvalue weighted by atomic mass is 16.3. The van der Waals surface area contributed by atoms with Crippen molar-refractivity contribution in [3.63, 3.8) is 0 Å². The lowest BCUT2D eigenvalue weighted by atomic mass is 10.2. The summed E-state index contributed by atoms with van der Waals surface area (Å²) in [7, 11) is 0. The van der Waals surface area contributed by atoms with E-state index in [1.54, 1.807) is 6.08 Å². The maximum absolute atomic E-state index is 9.08. The summed E-state index contributed by atoms with van der Waals surface area (Å²) >= 11 is 0. The Labute approximate surface area is 61.8 Å². The first kappa shape index (κ1) is 7.37. The van der Waals surface area contributed by atoms with E-state index in [2.05, 4.69) is 18.4 Å². The molecule has 0 bridgehead atoms. The molecule has 1 atom stereocenters. The first-order chi connectivity index (χ1) is 4.83. The smallest absolute Gasteiger partial charge is 0.118 e. The lowest BCUT2D eigenvalue weighted by Crippen LogP contribution is -1.99. The number of aliphatic hydroxyl groups excluding tert-OH is 1. The van der Waals surface area contributed by atoms with Gasteiger partial charge >= 0.3 is 0 Å². The third kappa shape index (κ3) is 2.70. The average Bonchev–Trinajstić information content (AvgIpc) is 2.67. The van der Waals surface area contributed by atoms with Gasteiger partial charge in [0.05, 0.1) is 0 Å². The first-order valence-corrected chi connectivity index (χ1v) is 3.63. The summed E-state index contributed by atoms with van der Waals surface area (Å²) in [6.45, 7) is 3.52. The van der Waals surface area contributed by atoms with Gasteiger partial charge in [-0.3, -0.25) is 0 Å². The molecule has 1 heteroatoms. The predicted octanol–water partition coefficient (Wildman–Crippen LogP) is 1.34. The van der Waals surface area contributed by atoms with Crippen molar-refractivity contribution in [2.24, 2.45) is 5.92 Å². The number of hydrogen-bond donors (Lipinski definition) is 1. The van der Waals surface area contributed by atoms with E-state index < -0.39 is 6.10 Å². The molecule has 0 aliphatic heterocycles. The van der Waals surface area contributed by atoms with Crippen LogP contribution in [0.5, 0.6) is 0 Å². The van der Waals surface area contributed by atoms with E-state index in [0.29, 0.717) is 12.3 Å². The van der Waals surface area contributed by atoms with Crippen molar-refractivity contribution in [3.8, 4) is 11.8 Å². The highest BCUT2D eigenvalue weighted by molar-refractivity contribution is 5.12. The molecule has 0 amide bonds. The zero-order valence-electron chi connectivity index (χ0n) is 6.01. The van der Waals surface area contributed by atoms with Gasteiger partial charge in [-0.25, -0.2) is 0 Å². The van der Waals surface area contributed by atoms with Crippen molar-refractivity contribution in [3.05, 3.63) is 12.7 Å². The van der Waals surface area contributed by atoms with Gasteiger partial charge in [0.1, 0.15) is 6.10 Å². The quantitative estimate of drug-likeness (QED) is 0.448. The van der Waals surface area contributed by atoms with Crippen molar-refractivity contribution in [2.45, 2.75) is 25.4 Å². The maximum Gasteiger partial charge on any atom is 0.118 e. The van der Waals surface area contributed by atoms with Gasteiger partial charge in [-0.1, -0.05) is 17.9 Å². The van der Waals surface area contributed by atoms with Gasteiger partial charge in [-0.05, 0) is 12.8 Å². The lowest BCUT2D eigenvalue weighted by Gasteiger charge is -1.94. The molecule has 0 saturated heterocycles. The second-order valence-electron chi connectivity index (χ2n) is 2.60. The van der Waals surface area contributed by atoms with Crippen LogP contribution >= 0.6 is 0 Å². The maximum atomic E-state index is 9.08. The van der Waals surface area contributed by atoms with E-state index in [-0.39, 0.29) is 0 Å². The van der Waals surface area contributed by atoms with Crippen LogP contribution in [0.1, 0.15) is 19.3 Å². The molecular formula is C9H12O. The average molecular weight is 136 g/mol. The summed E-state index contributed by atoms with van der Waals surface area (Å²) < 4.78 is 0. The summed E-state index contributed by atoms with van der Waals surface area (Å²) in [4.78, 5) is 0. The third-order valence-corrected chi connectivity index (χ3v) is 1.42. The zero-order valence-corrected chi connectivity index (χ0v) is 6.01. The highest BCUT2D eigenvalue weighted by Gasteiger charge is 2.17. The fourth-order valence-electron chi connectivity index (χ4n) is 0.659. The molecule has 10 heavy (non-hydrogen) atoms. The van der Waals surface area contributed by atoms with Crippen LogP contribution in [0.25, 0.3) is 0 Å². The van der Waals surface area contributed by atoms with Crippen LogP contribution in [0.3, 0.4) is 0 Å². The molecule has 1 aliphatic carbocycles. The molecule has 1 N–H and O–H groups in total. The van der Waals surface area contributed by atoms with E-state index in [0.717, 1.165) is 0 Å². The Hall–Kier alpha value is -0.740. The van der Waals surface area contributed by atoms with E-state index in [9.17, 15) is 0 Å². The Bertz CT molecular complexity index is 169. The molecule has 1 fully saturated rings. The molecule has 1 rings (SSSR count). The fourth-order valence-corrected chi connectivity index (χ4v) is 0.659. The van der Waals surface area contributed by atoms with Crippen LogP contribution in [0.2, 0.25) is 0 Å². The van der Waals surface area contributed by atoms with Gasteiger partial charge in [0.2, 0.25) is 0 Å². The van der Waals surface area contributed by atoms with Crippen LogP contribution in [0.15, 0.2) is 12.7 Å². The molecule has 0 spiro atoms. The van der Waals surface area contributed by atoms with Gasteiger partial charge in [-0.15, -0.1) is 6.58 Å². The molecule has 0 aromatic carbocycles. The Morgan fingerprint density at radius 2 is 2.40 bits per heavy atom. The molecule has 1 aliphatic rings. The Morgan fingerprint density at radius 3 is 2.90 bits per heavy atom. The van der Waals surface area contributed by atoms with Crippen molar-refractivity contribution in [2.75, 3.05) is 0 Å². The molecular weight excluding hydrogens is 124 g/mol. The van der Waals surface area contributed by atoms with Gasteiger partial charge in [-0.2, -0.15) is 0 Å². The molecule has 54 valence electrons. The fraction of sp³-hybridized carbons (Fsp3) is 0.556. The van der Waals surface area contributed by atoms with Crippen LogP contribution < -0.4 is 0 Å². The highest BCUT2D eigenvalue weighted by Crippen LogP contribution is 2.27. The van der Waals surface area contributed by atoms with Crippen molar-refractivity contribution in [1.29, 1.82) is 0 Å². The molecule has 1 saturated carbocycles. The summed E-state index contributed by atoms with van der Waals surface area (Å²) in [5, 5.41) is 9.08. The zero-order chi connectivity index (χ0) is 7.40. The summed E-state index contributed by atoms with van der Waals surface area (Å²) in [5.74, 6) is 6.36. The second-order valence-corrected chi connectivity index (χ2v) is 2.60. The molecule has 0 radical (unpaired) electrons. The minimum atomic E-state index is -0.488. The molecule has 0 aromatic heterocycles. The van der Waals surface area contributed by atoms with E-state index in [4.69, 9.17) is 5.11 Å². The van der Waals surface area contributed by atoms with Crippen LogP contribution in [-0.4, -0.2) is 11.2 Å². The van der Waals surface area contributed by atoms with E-state index in [1.807, 2.05) is 0 Å². The van der Waals surface area contributed by atoms with Crippen LogP contribution in [-0.2, 0) is 0 Å². The van der Waals surface area contributed by atoms with Gasteiger partial charge in [0.15, 0.2) is 0 Å². The van der Waals surface area contributed by atoms with Gasteiger partial charge in [0.25, 0.3) is 0 Å². The minimum Gasteiger partial charge on any atom is -0.380 e. The monoisotopic (exact) mass is 136 g/mol. The second kappa shape index (κ2) is 3.43. The van der Waals surface area contributed by atoms with Crippen molar-refractivity contribution >= 4 is 0 Å². The van der Waals surface area contributed by atoms with Gasteiger partial charge in [0, 0.05) is 12.3 Å². The SMILES string of the molecule is C=CCC(O)C#CC1CC1. The predicted molar refractivity (Wildman–Crippen MR) is 41.3 cm³/mol. The van der Waals surface area contributed by atoms with Gasteiger partial charge < -0.3 is 5.11 Å². The number of rotatable bonds is 2. The van der Waals surface area contributed by atoms with Crippen LogP contribution in [0, 0.1) is 17.8 Å². The minimum absolute atomic E-state index is 0.488. The number of hydrogen-bond acceptors (Lipinski definition) is 1. The normalized spacial score (nSPS) is 18.9. The van der Waals surface area contributed by atoms with E-state index in [1.165, 1.54) is 12.8 Å². The summed E-state index contributed by atoms with van der Waals surface area (Å²) in [6.07, 6.45) is 4.21. The largest absolute Gasteiger partial charge is 0.380 e. The topological polar surface area (TPSA) is 20.2 Å². The van der Waals surface area contributed by atoms with E-state index >= 15 is 0 Å². The molecule has 1 nitrogen and oxygen atoms in total. The van der Waals surface area contributed by atoms with Crippen molar-refractivity contribution < 1.29 is 5.11 Å². The molecule has 0 heterocycles.